The molecule has 0 aliphatic carbocycles. The fourth-order valence-corrected chi connectivity index (χ4v) is 2.47. The average molecular weight is 295 g/mol. The number of carbonyl (C=O) groups is 1. The van der Waals surface area contributed by atoms with Gasteiger partial charge in [0.25, 0.3) is 0 Å². The molecule has 1 aliphatic heterocycles. The zero-order chi connectivity index (χ0) is 14.5. The highest BCUT2D eigenvalue weighted by atomic mass is 35.5. The summed E-state index contributed by atoms with van der Waals surface area (Å²) in [5, 5.41) is 9.98. The second kappa shape index (κ2) is 6.86. The number of aliphatic hydroxyl groups is 1. The molecule has 4 nitrogen and oxygen atoms in total. The molecule has 1 aromatic heterocycles. The predicted octanol–water partition coefficient (Wildman–Crippen LogP) is 2.37. The Balaban J connectivity index is 1.88. The Morgan fingerprint density at radius 3 is 2.75 bits per heavy atom. The lowest BCUT2D eigenvalue weighted by Crippen LogP contribution is -2.39. The number of pyridine rings is 1. The number of nitrogens with zero attached hydrogens (tertiary/aromatic N) is 2. The van der Waals surface area contributed by atoms with Crippen LogP contribution in [0.4, 0.5) is 0 Å². The van der Waals surface area contributed by atoms with E-state index in [0.717, 1.165) is 18.4 Å². The van der Waals surface area contributed by atoms with Gasteiger partial charge in [0, 0.05) is 25.4 Å². The van der Waals surface area contributed by atoms with Crippen LogP contribution in [0.1, 0.15) is 25.3 Å². The van der Waals surface area contributed by atoms with Gasteiger partial charge in [0.15, 0.2) is 0 Å². The van der Waals surface area contributed by atoms with Crippen molar-refractivity contribution in [3.05, 3.63) is 35.1 Å². The molecule has 1 N–H and O–H groups in total. The summed E-state index contributed by atoms with van der Waals surface area (Å²) in [6.45, 7) is 3.23. The topological polar surface area (TPSA) is 53.4 Å². The van der Waals surface area contributed by atoms with Gasteiger partial charge in [-0.15, -0.1) is 0 Å². The molecule has 0 radical (unpaired) electrons. The van der Waals surface area contributed by atoms with Crippen LogP contribution in [0.2, 0.25) is 5.15 Å². The van der Waals surface area contributed by atoms with Crippen LogP contribution < -0.4 is 0 Å². The van der Waals surface area contributed by atoms with Gasteiger partial charge in [-0.05, 0) is 43.4 Å². The first-order chi connectivity index (χ1) is 9.56. The van der Waals surface area contributed by atoms with E-state index in [0.29, 0.717) is 24.2 Å². The first-order valence-electron chi connectivity index (χ1n) is 6.83. The molecule has 1 aromatic rings. The van der Waals surface area contributed by atoms with Crippen molar-refractivity contribution in [3.8, 4) is 0 Å². The van der Waals surface area contributed by atoms with Crippen molar-refractivity contribution in [2.45, 2.75) is 25.9 Å². The third-order valence-corrected chi connectivity index (χ3v) is 3.93. The molecular formula is C15H19ClN2O2. The third-order valence-electron chi connectivity index (χ3n) is 3.70. The molecule has 0 spiro atoms. The smallest absolute Gasteiger partial charge is 0.246 e. The molecule has 1 atom stereocenters. The zero-order valence-electron chi connectivity index (χ0n) is 11.5. The fourth-order valence-electron chi connectivity index (χ4n) is 2.36. The number of piperidine rings is 1. The SMILES string of the molecule is CC(O)C1CCN(C(=O)/C=C/c2ccc(Cl)nc2)CC1. The van der Waals surface area contributed by atoms with Crippen molar-refractivity contribution in [3.63, 3.8) is 0 Å². The molecule has 1 aliphatic rings. The Morgan fingerprint density at radius 1 is 1.50 bits per heavy atom. The van der Waals surface area contributed by atoms with E-state index in [1.807, 2.05) is 17.9 Å². The highest BCUT2D eigenvalue weighted by molar-refractivity contribution is 6.29. The summed E-state index contributed by atoms with van der Waals surface area (Å²) in [5.74, 6) is 0.312. The monoisotopic (exact) mass is 294 g/mol. The van der Waals surface area contributed by atoms with E-state index in [1.54, 1.807) is 24.4 Å². The van der Waals surface area contributed by atoms with Gasteiger partial charge in [0.1, 0.15) is 5.15 Å². The van der Waals surface area contributed by atoms with E-state index in [2.05, 4.69) is 4.98 Å². The molecular weight excluding hydrogens is 276 g/mol. The quantitative estimate of drug-likeness (QED) is 0.688. The van der Waals surface area contributed by atoms with Crippen LogP contribution in [0.3, 0.4) is 0 Å². The van der Waals surface area contributed by atoms with E-state index in [9.17, 15) is 9.90 Å². The molecule has 1 fully saturated rings. The van der Waals surface area contributed by atoms with Gasteiger partial charge in [-0.3, -0.25) is 4.79 Å². The zero-order valence-corrected chi connectivity index (χ0v) is 12.3. The Kier molecular flexibility index (Phi) is 5.15. The highest BCUT2D eigenvalue weighted by Gasteiger charge is 2.24. The summed E-state index contributed by atoms with van der Waals surface area (Å²) in [6, 6.07) is 3.51. The van der Waals surface area contributed by atoms with Crippen molar-refractivity contribution in [2.24, 2.45) is 5.92 Å². The van der Waals surface area contributed by atoms with E-state index >= 15 is 0 Å². The standard InChI is InChI=1S/C15H19ClN2O2/c1-11(19)13-6-8-18(9-7-13)15(20)5-3-12-2-4-14(16)17-10-12/h2-5,10-11,13,19H,6-9H2,1H3/b5-3+. The largest absolute Gasteiger partial charge is 0.393 e. The summed E-state index contributed by atoms with van der Waals surface area (Å²) in [4.78, 5) is 17.8. The molecule has 0 bridgehead atoms. The average Bonchev–Trinajstić information content (AvgIpc) is 2.46. The number of aliphatic hydroxyl groups excluding tert-OH is 1. The van der Waals surface area contributed by atoms with Crippen LogP contribution in [0.15, 0.2) is 24.4 Å². The van der Waals surface area contributed by atoms with Gasteiger partial charge in [-0.1, -0.05) is 17.7 Å². The lowest BCUT2D eigenvalue weighted by Gasteiger charge is -2.32. The Hall–Kier alpha value is -1.39. The fraction of sp³-hybridized carbons (Fsp3) is 0.467. The molecule has 5 heteroatoms. The third kappa shape index (κ3) is 4.05. The molecule has 2 heterocycles. The van der Waals surface area contributed by atoms with Crippen LogP contribution in [-0.2, 0) is 4.79 Å². The number of halogens is 1. The van der Waals surface area contributed by atoms with Crippen LogP contribution in [0.5, 0.6) is 0 Å². The Labute approximate surface area is 124 Å². The number of amides is 1. The van der Waals surface area contributed by atoms with Crippen molar-refractivity contribution >= 4 is 23.6 Å². The van der Waals surface area contributed by atoms with Gasteiger partial charge in [0.05, 0.1) is 6.10 Å². The van der Waals surface area contributed by atoms with Gasteiger partial charge < -0.3 is 10.0 Å². The van der Waals surface area contributed by atoms with Crippen molar-refractivity contribution in [1.82, 2.24) is 9.88 Å². The van der Waals surface area contributed by atoms with Crippen LogP contribution in [0, 0.1) is 5.92 Å². The Morgan fingerprint density at radius 2 is 2.20 bits per heavy atom. The maximum Gasteiger partial charge on any atom is 0.246 e. The minimum absolute atomic E-state index is 0.00370. The molecule has 0 aromatic carbocycles. The van der Waals surface area contributed by atoms with Gasteiger partial charge in [-0.2, -0.15) is 0 Å². The molecule has 2 rings (SSSR count). The van der Waals surface area contributed by atoms with Gasteiger partial charge in [-0.25, -0.2) is 4.98 Å². The van der Waals surface area contributed by atoms with Crippen LogP contribution in [0.25, 0.3) is 6.08 Å². The summed E-state index contributed by atoms with van der Waals surface area (Å²) >= 11 is 5.70. The second-order valence-corrected chi connectivity index (χ2v) is 5.54. The van der Waals surface area contributed by atoms with E-state index in [1.165, 1.54) is 0 Å². The number of hydrogen-bond donors (Lipinski definition) is 1. The van der Waals surface area contributed by atoms with Gasteiger partial charge >= 0.3 is 0 Å². The first kappa shape index (κ1) is 15.0. The number of likely N-dealkylation sites (tertiary alicyclic amines) is 1. The predicted molar refractivity (Wildman–Crippen MR) is 79.3 cm³/mol. The van der Waals surface area contributed by atoms with Crippen LogP contribution >= 0.6 is 11.6 Å². The maximum atomic E-state index is 12.0. The van der Waals surface area contributed by atoms with Gasteiger partial charge in [0.2, 0.25) is 5.91 Å². The van der Waals surface area contributed by atoms with Crippen molar-refractivity contribution < 1.29 is 9.90 Å². The summed E-state index contributed by atoms with van der Waals surface area (Å²) in [6.07, 6.45) is 6.37. The van der Waals surface area contributed by atoms with Crippen molar-refractivity contribution in [2.75, 3.05) is 13.1 Å². The number of rotatable bonds is 3. The molecule has 20 heavy (non-hydrogen) atoms. The number of carbonyl (C=O) groups excluding carboxylic acids is 1. The number of hydrogen-bond acceptors (Lipinski definition) is 3. The highest BCUT2D eigenvalue weighted by Crippen LogP contribution is 2.20. The summed E-state index contributed by atoms with van der Waals surface area (Å²) in [7, 11) is 0. The summed E-state index contributed by atoms with van der Waals surface area (Å²) < 4.78 is 0. The van der Waals surface area contributed by atoms with E-state index in [4.69, 9.17) is 11.6 Å². The molecule has 108 valence electrons. The molecule has 1 unspecified atom stereocenters. The lowest BCUT2D eigenvalue weighted by molar-refractivity contribution is -0.127. The van der Waals surface area contributed by atoms with Crippen LogP contribution in [-0.4, -0.2) is 40.1 Å². The first-order valence-corrected chi connectivity index (χ1v) is 7.20. The minimum atomic E-state index is -0.289. The second-order valence-electron chi connectivity index (χ2n) is 5.15. The maximum absolute atomic E-state index is 12.0. The normalized spacial score (nSPS) is 18.4. The Bertz CT molecular complexity index is 477. The van der Waals surface area contributed by atoms with E-state index in [-0.39, 0.29) is 12.0 Å². The summed E-state index contributed by atoms with van der Waals surface area (Å²) in [5.41, 5.74) is 0.849. The molecule has 1 saturated heterocycles. The van der Waals surface area contributed by atoms with Crippen molar-refractivity contribution in [1.29, 1.82) is 0 Å². The minimum Gasteiger partial charge on any atom is -0.393 e. The lowest BCUT2D eigenvalue weighted by atomic mass is 9.92. The van der Waals surface area contributed by atoms with E-state index < -0.39 is 0 Å². The molecule has 0 saturated carbocycles. The molecule has 1 amide bonds. The number of aromatic nitrogens is 1.